The number of nitrogens with zero attached hydrogens (tertiary/aromatic N) is 1. The van der Waals surface area contributed by atoms with Crippen LogP contribution in [-0.2, 0) is 20.1 Å². The lowest BCUT2D eigenvalue weighted by Crippen LogP contribution is -2.03. The van der Waals surface area contributed by atoms with Gasteiger partial charge in [0.05, 0.1) is 0 Å². The van der Waals surface area contributed by atoms with Crippen LogP contribution in [0.2, 0.25) is 0 Å². The van der Waals surface area contributed by atoms with Gasteiger partial charge < -0.3 is 15.6 Å². The van der Waals surface area contributed by atoms with Crippen molar-refractivity contribution in [2.45, 2.75) is 13.1 Å². The van der Waals surface area contributed by atoms with E-state index in [1.165, 1.54) is 11.3 Å². The molecule has 0 fully saturated rings. The lowest BCUT2D eigenvalue weighted by atomic mass is 10.3. The van der Waals surface area contributed by atoms with E-state index in [0.29, 0.717) is 6.54 Å². The summed E-state index contributed by atoms with van der Waals surface area (Å²) in [6.45, 7) is 1.52. The van der Waals surface area contributed by atoms with Crippen LogP contribution in [0.3, 0.4) is 0 Å². The van der Waals surface area contributed by atoms with Crippen LogP contribution in [0.25, 0.3) is 0 Å². The Bertz CT molecular complexity index is 227. The van der Waals surface area contributed by atoms with Crippen molar-refractivity contribution in [3.8, 4) is 0 Å². The third-order valence-corrected chi connectivity index (χ3v) is 1.75. The Hall–Kier alpha value is -0.800. The summed E-state index contributed by atoms with van der Waals surface area (Å²) in [7, 11) is 3.95. The van der Waals surface area contributed by atoms with Gasteiger partial charge in [-0.05, 0) is 18.7 Å². The van der Waals surface area contributed by atoms with E-state index >= 15 is 0 Å². The van der Waals surface area contributed by atoms with Gasteiger partial charge in [0.15, 0.2) is 0 Å². The van der Waals surface area contributed by atoms with Crippen molar-refractivity contribution in [3.63, 3.8) is 0 Å². The second-order valence-electron chi connectivity index (χ2n) is 2.69. The summed E-state index contributed by atoms with van der Waals surface area (Å²) in [6.07, 6.45) is 2.10. The molecule has 0 amide bonds. The molecule has 11 heavy (non-hydrogen) atoms. The monoisotopic (exact) mass is 153 g/mol. The Morgan fingerprint density at radius 3 is 2.82 bits per heavy atom. The van der Waals surface area contributed by atoms with Gasteiger partial charge in [-0.3, -0.25) is 0 Å². The summed E-state index contributed by atoms with van der Waals surface area (Å²) in [5, 5.41) is 3.09. The molecule has 0 radical (unpaired) electrons. The predicted octanol–water partition coefficient (Wildman–Crippen LogP) is 0.203. The number of aryl methyl sites for hydroxylation is 1. The zero-order valence-corrected chi connectivity index (χ0v) is 7.09. The van der Waals surface area contributed by atoms with Crippen LogP contribution in [0, 0.1) is 0 Å². The fourth-order valence-corrected chi connectivity index (χ4v) is 1.19. The number of hydrogen-bond acceptors (Lipinski definition) is 2. The third kappa shape index (κ3) is 1.82. The minimum atomic E-state index is 0.611. The van der Waals surface area contributed by atoms with Crippen LogP contribution in [0.15, 0.2) is 12.3 Å². The molecule has 1 rings (SSSR count). The molecule has 0 aliphatic heterocycles. The Morgan fingerprint density at radius 2 is 2.36 bits per heavy atom. The average Bonchev–Trinajstić information content (AvgIpc) is 2.32. The molecule has 62 valence electrons. The topological polar surface area (TPSA) is 43.0 Å². The SMILES string of the molecule is CNCc1cc(CN)n(C)c1. The van der Waals surface area contributed by atoms with Crippen LogP contribution >= 0.6 is 0 Å². The van der Waals surface area contributed by atoms with Gasteiger partial charge in [0.2, 0.25) is 0 Å². The van der Waals surface area contributed by atoms with Crippen molar-refractivity contribution in [2.75, 3.05) is 7.05 Å². The Labute approximate surface area is 67.2 Å². The minimum Gasteiger partial charge on any atom is -0.353 e. The second kappa shape index (κ2) is 3.55. The van der Waals surface area contributed by atoms with E-state index in [4.69, 9.17) is 5.73 Å². The smallest absolute Gasteiger partial charge is 0.0334 e. The number of nitrogens with two attached hydrogens (primary N) is 1. The molecular formula is C8H15N3. The number of rotatable bonds is 3. The van der Waals surface area contributed by atoms with E-state index in [0.717, 1.165) is 6.54 Å². The van der Waals surface area contributed by atoms with Crippen molar-refractivity contribution >= 4 is 0 Å². The first-order valence-electron chi connectivity index (χ1n) is 3.76. The normalized spacial score (nSPS) is 10.5. The fraction of sp³-hybridized carbons (Fsp3) is 0.500. The molecular weight excluding hydrogens is 138 g/mol. The Kier molecular flexibility index (Phi) is 2.68. The molecule has 1 aromatic heterocycles. The van der Waals surface area contributed by atoms with Crippen LogP contribution in [0.1, 0.15) is 11.3 Å². The van der Waals surface area contributed by atoms with Crippen LogP contribution in [-0.4, -0.2) is 11.6 Å². The van der Waals surface area contributed by atoms with E-state index in [-0.39, 0.29) is 0 Å². The van der Waals surface area contributed by atoms with Gasteiger partial charge >= 0.3 is 0 Å². The lowest BCUT2D eigenvalue weighted by Gasteiger charge is -1.95. The first-order valence-corrected chi connectivity index (χ1v) is 3.76. The average molecular weight is 153 g/mol. The van der Waals surface area contributed by atoms with E-state index in [1.54, 1.807) is 0 Å². The molecule has 3 heteroatoms. The van der Waals surface area contributed by atoms with Gasteiger partial charge in [0.1, 0.15) is 0 Å². The zero-order valence-electron chi connectivity index (χ0n) is 7.09. The molecule has 0 atom stereocenters. The van der Waals surface area contributed by atoms with E-state index in [2.05, 4.69) is 22.1 Å². The highest BCUT2D eigenvalue weighted by Gasteiger charge is 1.98. The van der Waals surface area contributed by atoms with Crippen LogP contribution in [0.4, 0.5) is 0 Å². The van der Waals surface area contributed by atoms with Gasteiger partial charge in [-0.25, -0.2) is 0 Å². The molecule has 0 aromatic carbocycles. The Balaban J connectivity index is 2.77. The largest absolute Gasteiger partial charge is 0.353 e. The standard InChI is InChI=1S/C8H15N3/c1-10-5-7-3-8(4-9)11(2)6-7/h3,6,10H,4-5,9H2,1-2H3. The summed E-state index contributed by atoms with van der Waals surface area (Å²) < 4.78 is 2.06. The molecule has 3 N–H and O–H groups in total. The molecule has 0 saturated carbocycles. The summed E-state index contributed by atoms with van der Waals surface area (Å²) in [5.74, 6) is 0. The number of aromatic nitrogens is 1. The minimum absolute atomic E-state index is 0.611. The molecule has 0 spiro atoms. The van der Waals surface area contributed by atoms with Gasteiger partial charge in [-0.1, -0.05) is 0 Å². The summed E-state index contributed by atoms with van der Waals surface area (Å²) in [5.41, 5.74) is 7.98. The van der Waals surface area contributed by atoms with Crippen LogP contribution in [0.5, 0.6) is 0 Å². The fourth-order valence-electron chi connectivity index (χ4n) is 1.19. The molecule has 3 nitrogen and oxygen atoms in total. The van der Waals surface area contributed by atoms with Crippen LogP contribution < -0.4 is 11.1 Å². The summed E-state index contributed by atoms with van der Waals surface area (Å²) >= 11 is 0. The highest BCUT2D eigenvalue weighted by atomic mass is 14.9. The molecule has 0 unspecified atom stereocenters. The van der Waals surface area contributed by atoms with E-state index < -0.39 is 0 Å². The highest BCUT2D eigenvalue weighted by molar-refractivity contribution is 5.18. The van der Waals surface area contributed by atoms with Gasteiger partial charge in [0.25, 0.3) is 0 Å². The molecule has 1 aromatic rings. The first-order chi connectivity index (χ1) is 5.27. The maximum Gasteiger partial charge on any atom is 0.0334 e. The van der Waals surface area contributed by atoms with Gasteiger partial charge in [0, 0.05) is 32.0 Å². The van der Waals surface area contributed by atoms with Crippen molar-refractivity contribution in [1.82, 2.24) is 9.88 Å². The number of nitrogens with one attached hydrogen (secondary N) is 1. The molecule has 0 aliphatic rings. The molecule has 0 bridgehead atoms. The maximum atomic E-state index is 5.52. The van der Waals surface area contributed by atoms with Crippen molar-refractivity contribution < 1.29 is 0 Å². The van der Waals surface area contributed by atoms with Gasteiger partial charge in [-0.15, -0.1) is 0 Å². The molecule has 0 saturated heterocycles. The number of hydrogen-bond donors (Lipinski definition) is 2. The predicted molar refractivity (Wildman–Crippen MR) is 46.1 cm³/mol. The highest BCUT2D eigenvalue weighted by Crippen LogP contribution is 2.05. The first kappa shape index (κ1) is 8.30. The second-order valence-corrected chi connectivity index (χ2v) is 2.69. The summed E-state index contributed by atoms with van der Waals surface area (Å²) in [4.78, 5) is 0. The lowest BCUT2D eigenvalue weighted by molar-refractivity contribution is 0.802. The van der Waals surface area contributed by atoms with Crippen molar-refractivity contribution in [2.24, 2.45) is 12.8 Å². The zero-order chi connectivity index (χ0) is 8.27. The van der Waals surface area contributed by atoms with Gasteiger partial charge in [-0.2, -0.15) is 0 Å². The molecule has 0 aliphatic carbocycles. The van der Waals surface area contributed by atoms with E-state index in [9.17, 15) is 0 Å². The summed E-state index contributed by atoms with van der Waals surface area (Å²) in [6, 6.07) is 2.12. The van der Waals surface area contributed by atoms with E-state index in [1.807, 2.05) is 14.1 Å². The molecule has 1 heterocycles. The Morgan fingerprint density at radius 1 is 1.64 bits per heavy atom. The van der Waals surface area contributed by atoms with Crippen molar-refractivity contribution in [3.05, 3.63) is 23.5 Å². The quantitative estimate of drug-likeness (QED) is 0.651. The third-order valence-electron chi connectivity index (χ3n) is 1.75. The van der Waals surface area contributed by atoms with Crippen molar-refractivity contribution in [1.29, 1.82) is 0 Å². The maximum absolute atomic E-state index is 5.52.